The Balaban J connectivity index is 2.11. The van der Waals surface area contributed by atoms with Gasteiger partial charge < -0.3 is 11.1 Å². The van der Waals surface area contributed by atoms with Gasteiger partial charge >= 0.3 is 0 Å². The maximum atomic E-state index is 6.00. The van der Waals surface area contributed by atoms with E-state index in [1.54, 1.807) is 11.3 Å². The summed E-state index contributed by atoms with van der Waals surface area (Å²) in [4.78, 5) is 0. The van der Waals surface area contributed by atoms with Gasteiger partial charge in [0.1, 0.15) is 0 Å². The summed E-state index contributed by atoms with van der Waals surface area (Å²) in [5.74, 6) is 0. The highest BCUT2D eigenvalue weighted by atomic mass is 32.1. The van der Waals surface area contributed by atoms with E-state index >= 15 is 0 Å². The molecular formula is C13H16N2S. The lowest BCUT2D eigenvalue weighted by atomic mass is 10.1. The summed E-state index contributed by atoms with van der Waals surface area (Å²) >= 11 is 1.74. The van der Waals surface area contributed by atoms with Gasteiger partial charge in [-0.25, -0.2) is 0 Å². The van der Waals surface area contributed by atoms with Gasteiger partial charge in [-0.05, 0) is 47.4 Å². The Hall–Kier alpha value is -1.48. The molecule has 0 aliphatic heterocycles. The molecule has 3 heteroatoms. The number of hydrogen-bond donors (Lipinski definition) is 2. The molecule has 1 heterocycles. The second kappa shape index (κ2) is 4.58. The van der Waals surface area contributed by atoms with Crippen LogP contribution in [-0.4, -0.2) is 0 Å². The van der Waals surface area contributed by atoms with E-state index in [9.17, 15) is 0 Å². The summed E-state index contributed by atoms with van der Waals surface area (Å²) in [5.41, 5.74) is 11.7. The summed E-state index contributed by atoms with van der Waals surface area (Å²) in [6.07, 6.45) is 0. The molecule has 2 aromatic rings. The highest BCUT2D eigenvalue weighted by molar-refractivity contribution is 7.08. The van der Waals surface area contributed by atoms with Crippen LogP contribution in [0.4, 0.5) is 11.4 Å². The molecule has 0 aliphatic rings. The summed E-state index contributed by atoms with van der Waals surface area (Å²) in [5, 5.41) is 7.72. The maximum Gasteiger partial charge on any atom is 0.0579 e. The molecule has 2 rings (SSSR count). The zero-order valence-corrected chi connectivity index (χ0v) is 10.4. The van der Waals surface area contributed by atoms with E-state index < -0.39 is 0 Å². The number of para-hydroxylation sites is 1. The van der Waals surface area contributed by atoms with Crippen LogP contribution in [0.15, 0.2) is 29.0 Å². The lowest BCUT2D eigenvalue weighted by molar-refractivity contribution is 1.14. The first-order valence-electron chi connectivity index (χ1n) is 5.29. The van der Waals surface area contributed by atoms with Gasteiger partial charge in [0.15, 0.2) is 0 Å². The molecule has 0 saturated heterocycles. The van der Waals surface area contributed by atoms with Crippen molar-refractivity contribution in [2.24, 2.45) is 0 Å². The standard InChI is InChI=1S/C13H16N2S/c1-9-4-3-5-12(13(9)14)15-6-11-8-16-7-10(11)2/h3-5,7-8,15H,6,14H2,1-2H3. The van der Waals surface area contributed by atoms with E-state index in [0.29, 0.717) is 0 Å². The molecule has 2 nitrogen and oxygen atoms in total. The van der Waals surface area contributed by atoms with E-state index in [1.165, 1.54) is 11.1 Å². The maximum absolute atomic E-state index is 6.00. The third kappa shape index (κ3) is 2.19. The van der Waals surface area contributed by atoms with Crippen LogP contribution in [0.25, 0.3) is 0 Å². The van der Waals surface area contributed by atoms with Gasteiger partial charge in [-0.3, -0.25) is 0 Å². The molecule has 1 aromatic heterocycles. The molecule has 0 bridgehead atoms. The molecular weight excluding hydrogens is 216 g/mol. The van der Waals surface area contributed by atoms with Gasteiger partial charge in [0.2, 0.25) is 0 Å². The molecule has 3 N–H and O–H groups in total. The Kier molecular flexibility index (Phi) is 3.15. The highest BCUT2D eigenvalue weighted by Crippen LogP contribution is 2.23. The zero-order chi connectivity index (χ0) is 11.5. The largest absolute Gasteiger partial charge is 0.397 e. The van der Waals surface area contributed by atoms with Crippen LogP contribution < -0.4 is 11.1 Å². The van der Waals surface area contributed by atoms with Crippen LogP contribution in [0.3, 0.4) is 0 Å². The minimum absolute atomic E-state index is 0.836. The molecule has 0 radical (unpaired) electrons. The van der Waals surface area contributed by atoms with Crippen molar-refractivity contribution in [1.82, 2.24) is 0 Å². The molecule has 0 atom stereocenters. The van der Waals surface area contributed by atoms with Crippen molar-refractivity contribution >= 4 is 22.7 Å². The first-order valence-corrected chi connectivity index (χ1v) is 6.23. The zero-order valence-electron chi connectivity index (χ0n) is 9.58. The van der Waals surface area contributed by atoms with Crippen LogP contribution in [0, 0.1) is 13.8 Å². The normalized spacial score (nSPS) is 10.4. The predicted octanol–water partition coefficient (Wildman–Crippen LogP) is 3.56. The smallest absolute Gasteiger partial charge is 0.0579 e. The fraction of sp³-hybridized carbons (Fsp3) is 0.231. The third-order valence-electron chi connectivity index (χ3n) is 2.76. The number of nitrogens with two attached hydrogens (primary N) is 1. The fourth-order valence-electron chi connectivity index (χ4n) is 1.59. The quantitative estimate of drug-likeness (QED) is 0.794. The molecule has 0 amide bonds. The van der Waals surface area contributed by atoms with Gasteiger partial charge in [-0.2, -0.15) is 11.3 Å². The van der Waals surface area contributed by atoms with Crippen molar-refractivity contribution in [1.29, 1.82) is 0 Å². The van der Waals surface area contributed by atoms with Crippen molar-refractivity contribution in [3.05, 3.63) is 45.6 Å². The van der Waals surface area contributed by atoms with Crippen LogP contribution in [-0.2, 0) is 6.54 Å². The Labute approximate surface area is 100 Å². The molecule has 0 aliphatic carbocycles. The Morgan fingerprint density at radius 2 is 2.00 bits per heavy atom. The summed E-state index contributed by atoms with van der Waals surface area (Å²) in [7, 11) is 0. The number of benzene rings is 1. The van der Waals surface area contributed by atoms with Crippen LogP contribution in [0.2, 0.25) is 0 Å². The van der Waals surface area contributed by atoms with Gasteiger partial charge in [0, 0.05) is 6.54 Å². The van der Waals surface area contributed by atoms with E-state index in [0.717, 1.165) is 23.5 Å². The number of nitrogen functional groups attached to an aromatic ring is 1. The SMILES string of the molecule is Cc1cscc1CNc1cccc(C)c1N. The molecule has 0 unspecified atom stereocenters. The Bertz CT molecular complexity index is 488. The minimum Gasteiger partial charge on any atom is -0.397 e. The van der Waals surface area contributed by atoms with Gasteiger partial charge in [-0.1, -0.05) is 12.1 Å². The minimum atomic E-state index is 0.836. The average Bonchev–Trinajstić information content (AvgIpc) is 2.67. The van der Waals surface area contributed by atoms with Gasteiger partial charge in [-0.15, -0.1) is 0 Å². The monoisotopic (exact) mass is 232 g/mol. The van der Waals surface area contributed by atoms with Gasteiger partial charge in [0.25, 0.3) is 0 Å². The van der Waals surface area contributed by atoms with Gasteiger partial charge in [0.05, 0.1) is 11.4 Å². The molecule has 16 heavy (non-hydrogen) atoms. The topological polar surface area (TPSA) is 38.0 Å². The highest BCUT2D eigenvalue weighted by Gasteiger charge is 2.02. The molecule has 1 aromatic carbocycles. The molecule has 0 saturated carbocycles. The number of nitrogens with one attached hydrogen (secondary N) is 1. The number of thiophene rings is 1. The second-order valence-corrected chi connectivity index (χ2v) is 4.71. The van der Waals surface area contributed by atoms with Crippen LogP contribution >= 0.6 is 11.3 Å². The van der Waals surface area contributed by atoms with E-state index in [1.807, 2.05) is 25.1 Å². The van der Waals surface area contributed by atoms with Crippen molar-refractivity contribution in [3.63, 3.8) is 0 Å². The molecule has 0 fully saturated rings. The first-order chi connectivity index (χ1) is 7.68. The van der Waals surface area contributed by atoms with E-state index in [-0.39, 0.29) is 0 Å². The van der Waals surface area contributed by atoms with E-state index in [4.69, 9.17) is 5.73 Å². The lowest BCUT2D eigenvalue weighted by Gasteiger charge is -2.10. The number of aryl methyl sites for hydroxylation is 2. The van der Waals surface area contributed by atoms with E-state index in [2.05, 4.69) is 23.0 Å². The summed E-state index contributed by atoms with van der Waals surface area (Å²) in [6.45, 7) is 4.99. The number of rotatable bonds is 3. The number of anilines is 2. The van der Waals surface area contributed by atoms with Crippen molar-refractivity contribution in [2.75, 3.05) is 11.1 Å². The summed E-state index contributed by atoms with van der Waals surface area (Å²) in [6, 6.07) is 6.06. The average molecular weight is 232 g/mol. The lowest BCUT2D eigenvalue weighted by Crippen LogP contribution is -2.03. The second-order valence-electron chi connectivity index (χ2n) is 3.97. The third-order valence-corrected chi connectivity index (χ3v) is 3.67. The van der Waals surface area contributed by atoms with Crippen LogP contribution in [0.1, 0.15) is 16.7 Å². The fourth-order valence-corrected chi connectivity index (χ4v) is 2.45. The predicted molar refractivity (Wildman–Crippen MR) is 72.0 cm³/mol. The van der Waals surface area contributed by atoms with Crippen LogP contribution in [0.5, 0.6) is 0 Å². The van der Waals surface area contributed by atoms with Crippen molar-refractivity contribution in [3.8, 4) is 0 Å². The summed E-state index contributed by atoms with van der Waals surface area (Å²) < 4.78 is 0. The molecule has 84 valence electrons. The number of hydrogen-bond acceptors (Lipinski definition) is 3. The molecule has 0 spiro atoms. The van der Waals surface area contributed by atoms with Crippen molar-refractivity contribution < 1.29 is 0 Å². The Morgan fingerprint density at radius 1 is 1.19 bits per heavy atom. The Morgan fingerprint density at radius 3 is 2.69 bits per heavy atom. The first kappa shape index (κ1) is 11.0. The van der Waals surface area contributed by atoms with Crippen molar-refractivity contribution in [2.45, 2.75) is 20.4 Å².